The van der Waals surface area contributed by atoms with Crippen molar-refractivity contribution in [1.29, 1.82) is 0 Å². The van der Waals surface area contributed by atoms with Gasteiger partial charge in [0.1, 0.15) is 18.1 Å². The van der Waals surface area contributed by atoms with Crippen LogP contribution in [0.3, 0.4) is 0 Å². The topological polar surface area (TPSA) is 264 Å². The summed E-state index contributed by atoms with van der Waals surface area (Å²) in [5.74, 6) is -3.99. The number of carboxylic acids is 1. The number of aliphatic imine (C=N–C) groups is 1. The molecule has 6 unspecified atom stereocenters. The number of nitrogens with one attached hydrogen (secondary N) is 4. The smallest absolute Gasteiger partial charge is 0.326 e. The summed E-state index contributed by atoms with van der Waals surface area (Å²) in [5.41, 5.74) is 17.0. The number of hydrogen-bond acceptors (Lipinski definition) is 8. The molecule has 0 saturated carbocycles. The number of H-pyrrole nitrogens is 1. The van der Waals surface area contributed by atoms with Crippen molar-refractivity contribution in [2.75, 3.05) is 6.54 Å². The Bertz CT molecular complexity index is 918. The third kappa shape index (κ3) is 10.8. The zero-order valence-electron chi connectivity index (χ0n) is 21.3. The molecule has 0 spiro atoms. The Morgan fingerprint density at radius 3 is 2.24 bits per heavy atom. The van der Waals surface area contributed by atoms with Gasteiger partial charge in [-0.15, -0.1) is 0 Å². The van der Waals surface area contributed by atoms with Gasteiger partial charge >= 0.3 is 5.97 Å². The number of aliphatic hydroxyl groups excluding tert-OH is 1. The van der Waals surface area contributed by atoms with Crippen molar-refractivity contribution in [3.8, 4) is 0 Å². The Balaban J connectivity index is 2.97. The van der Waals surface area contributed by atoms with Gasteiger partial charge in [-0.05, 0) is 25.7 Å². The molecule has 208 valence electrons. The number of aromatic amines is 1. The van der Waals surface area contributed by atoms with Crippen molar-refractivity contribution < 1.29 is 29.4 Å². The number of aliphatic carboxylic acids is 1. The van der Waals surface area contributed by atoms with Crippen LogP contribution in [0.2, 0.25) is 0 Å². The second-order valence-electron chi connectivity index (χ2n) is 8.83. The number of aromatic nitrogens is 2. The third-order valence-corrected chi connectivity index (χ3v) is 5.76. The predicted octanol–water partition coefficient (Wildman–Crippen LogP) is -2.70. The largest absolute Gasteiger partial charge is 0.480 e. The average Bonchev–Trinajstić information content (AvgIpc) is 3.34. The fraction of sp³-hybridized carbons (Fsp3) is 0.636. The number of nitrogens with zero attached hydrogens (tertiary/aromatic N) is 2. The monoisotopic (exact) mass is 525 g/mol. The van der Waals surface area contributed by atoms with Gasteiger partial charge in [0.25, 0.3) is 0 Å². The summed E-state index contributed by atoms with van der Waals surface area (Å²) in [6.07, 6.45) is 2.63. The molecule has 0 aromatic carbocycles. The molecular weight excluding hydrogens is 486 g/mol. The van der Waals surface area contributed by atoms with Gasteiger partial charge in [-0.25, -0.2) is 9.78 Å². The predicted molar refractivity (Wildman–Crippen MR) is 135 cm³/mol. The highest BCUT2D eigenvalue weighted by atomic mass is 16.4. The zero-order chi connectivity index (χ0) is 28.1. The number of nitrogens with two attached hydrogens (primary N) is 3. The minimum atomic E-state index is -1.48. The second kappa shape index (κ2) is 15.4. The Morgan fingerprint density at radius 2 is 1.73 bits per heavy atom. The van der Waals surface area contributed by atoms with E-state index in [1.165, 1.54) is 19.4 Å². The van der Waals surface area contributed by atoms with E-state index in [4.69, 9.17) is 17.2 Å². The van der Waals surface area contributed by atoms with Crippen molar-refractivity contribution in [2.45, 2.75) is 76.7 Å². The van der Waals surface area contributed by atoms with Crippen molar-refractivity contribution in [3.63, 3.8) is 0 Å². The van der Waals surface area contributed by atoms with Crippen LogP contribution in [-0.4, -0.2) is 86.6 Å². The molecule has 0 aliphatic heterocycles. The molecule has 0 aliphatic rings. The van der Waals surface area contributed by atoms with Crippen molar-refractivity contribution in [1.82, 2.24) is 25.9 Å². The summed E-state index contributed by atoms with van der Waals surface area (Å²) in [4.78, 5) is 60.8. The van der Waals surface area contributed by atoms with Crippen LogP contribution in [0, 0.1) is 5.92 Å². The Morgan fingerprint density at radius 1 is 1.08 bits per heavy atom. The second-order valence-corrected chi connectivity index (χ2v) is 8.83. The van der Waals surface area contributed by atoms with Gasteiger partial charge in [0.05, 0.1) is 18.5 Å². The number of guanidine groups is 1. The Hall–Kier alpha value is -3.72. The normalized spacial score (nSPS) is 15.8. The van der Waals surface area contributed by atoms with Crippen LogP contribution >= 0.6 is 0 Å². The molecule has 3 amide bonds. The van der Waals surface area contributed by atoms with Gasteiger partial charge in [-0.1, -0.05) is 20.3 Å². The maximum absolute atomic E-state index is 13.1. The average molecular weight is 526 g/mol. The molecule has 0 bridgehead atoms. The van der Waals surface area contributed by atoms with Crippen LogP contribution in [0.5, 0.6) is 0 Å². The lowest BCUT2D eigenvalue weighted by molar-refractivity contribution is -0.144. The quantitative estimate of drug-likeness (QED) is 0.0612. The van der Waals surface area contributed by atoms with Crippen molar-refractivity contribution >= 4 is 29.7 Å². The summed E-state index contributed by atoms with van der Waals surface area (Å²) >= 11 is 0. The number of hydrogen-bond donors (Lipinski definition) is 9. The number of rotatable bonds is 16. The fourth-order valence-electron chi connectivity index (χ4n) is 3.34. The highest BCUT2D eigenvalue weighted by molar-refractivity contribution is 5.94. The van der Waals surface area contributed by atoms with Crippen LogP contribution in [0.25, 0.3) is 0 Å². The molecule has 12 N–H and O–H groups in total. The van der Waals surface area contributed by atoms with Gasteiger partial charge in [-0.3, -0.25) is 19.4 Å². The number of carbonyl (C=O) groups excluding carboxylic acids is 3. The van der Waals surface area contributed by atoms with E-state index < -0.39 is 59.9 Å². The first-order chi connectivity index (χ1) is 17.4. The fourth-order valence-corrected chi connectivity index (χ4v) is 3.34. The van der Waals surface area contributed by atoms with Gasteiger partial charge in [0.2, 0.25) is 17.7 Å². The summed E-state index contributed by atoms with van der Waals surface area (Å²) in [6.45, 7) is 4.99. The van der Waals surface area contributed by atoms with Gasteiger partial charge < -0.3 is 48.3 Å². The van der Waals surface area contributed by atoms with Crippen LogP contribution in [0.4, 0.5) is 0 Å². The van der Waals surface area contributed by atoms with E-state index >= 15 is 0 Å². The molecule has 1 rings (SSSR count). The van der Waals surface area contributed by atoms with Gasteiger partial charge in [0, 0.05) is 24.9 Å². The van der Waals surface area contributed by atoms with Crippen molar-refractivity contribution in [2.24, 2.45) is 28.1 Å². The minimum Gasteiger partial charge on any atom is -0.480 e. The number of carboxylic acid groups (broad SMARTS) is 1. The van der Waals surface area contributed by atoms with E-state index in [0.29, 0.717) is 18.5 Å². The number of amides is 3. The Kier molecular flexibility index (Phi) is 13.0. The van der Waals surface area contributed by atoms with E-state index in [2.05, 4.69) is 30.9 Å². The first kappa shape index (κ1) is 31.3. The number of carbonyl (C=O) groups is 4. The Labute approximate surface area is 215 Å². The number of imidazole rings is 1. The van der Waals surface area contributed by atoms with Gasteiger partial charge in [-0.2, -0.15) is 0 Å². The summed E-state index contributed by atoms with van der Waals surface area (Å²) in [7, 11) is 0. The molecular formula is C22H39N9O6. The molecule has 15 nitrogen and oxygen atoms in total. The molecule has 37 heavy (non-hydrogen) atoms. The zero-order valence-corrected chi connectivity index (χ0v) is 21.3. The molecule has 0 aliphatic carbocycles. The standard InChI is InChI=1S/C22H39N9O6/c1-4-11(2)16(21(36)37)30-20(35)17(12(3)32)31-19(34)15(8-13-9-26-10-28-13)29-18(33)14(23)6-5-7-27-22(24)25/h9-12,14-17,32H,4-8,23H2,1-3H3,(H,26,28)(H,29,33)(H,30,35)(H,31,34)(H,36,37)(H4,24,25,27). The lowest BCUT2D eigenvalue weighted by atomic mass is 9.98. The molecule has 1 heterocycles. The van der Waals surface area contributed by atoms with Gasteiger partial charge in [0.15, 0.2) is 5.96 Å². The molecule has 15 heteroatoms. The van der Waals surface area contributed by atoms with E-state index in [1.807, 2.05) is 0 Å². The van der Waals surface area contributed by atoms with Crippen LogP contribution < -0.4 is 33.2 Å². The highest BCUT2D eigenvalue weighted by Crippen LogP contribution is 2.09. The molecule has 0 radical (unpaired) electrons. The molecule has 6 atom stereocenters. The van der Waals surface area contributed by atoms with E-state index in [-0.39, 0.29) is 25.3 Å². The van der Waals surface area contributed by atoms with E-state index in [0.717, 1.165) is 0 Å². The number of aliphatic hydroxyl groups is 1. The maximum Gasteiger partial charge on any atom is 0.326 e. The first-order valence-electron chi connectivity index (χ1n) is 12.0. The van der Waals surface area contributed by atoms with Crippen LogP contribution in [0.15, 0.2) is 17.5 Å². The summed E-state index contributed by atoms with van der Waals surface area (Å²) in [6, 6.07) is -4.84. The highest BCUT2D eigenvalue weighted by Gasteiger charge is 2.34. The van der Waals surface area contributed by atoms with Crippen molar-refractivity contribution in [3.05, 3.63) is 18.2 Å². The third-order valence-electron chi connectivity index (χ3n) is 5.76. The minimum absolute atomic E-state index is 0.0168. The summed E-state index contributed by atoms with van der Waals surface area (Å²) in [5, 5.41) is 27.0. The SMILES string of the molecule is CCC(C)C(NC(=O)C(NC(=O)C(Cc1cnc[nH]1)NC(=O)C(N)CCCN=C(N)N)C(C)O)C(=O)O. The van der Waals surface area contributed by atoms with Crippen LogP contribution in [0.1, 0.15) is 45.7 Å². The first-order valence-corrected chi connectivity index (χ1v) is 12.0. The van der Waals surface area contributed by atoms with E-state index in [1.54, 1.807) is 13.8 Å². The maximum atomic E-state index is 13.1. The molecule has 1 aromatic rings. The molecule has 0 fully saturated rings. The summed E-state index contributed by atoms with van der Waals surface area (Å²) < 4.78 is 0. The lowest BCUT2D eigenvalue weighted by Crippen LogP contribution is -2.60. The molecule has 0 saturated heterocycles. The van der Waals surface area contributed by atoms with E-state index in [9.17, 15) is 29.4 Å². The lowest BCUT2D eigenvalue weighted by Gasteiger charge is -2.27. The molecule has 1 aromatic heterocycles. The van der Waals surface area contributed by atoms with Crippen LogP contribution in [-0.2, 0) is 25.6 Å².